The van der Waals surface area contributed by atoms with E-state index < -0.39 is 0 Å². The van der Waals surface area contributed by atoms with Crippen LogP contribution in [0.4, 0.5) is 5.82 Å². The van der Waals surface area contributed by atoms with E-state index in [2.05, 4.69) is 31.9 Å². The molecular formula is C15H15BrN2O2. The minimum Gasteiger partial charge on any atom is -0.454 e. The van der Waals surface area contributed by atoms with Crippen molar-refractivity contribution in [3.8, 4) is 11.5 Å². The molecule has 0 unspecified atom stereocenters. The van der Waals surface area contributed by atoms with Crippen molar-refractivity contribution in [2.24, 2.45) is 0 Å². The highest BCUT2D eigenvalue weighted by molar-refractivity contribution is 9.10. The molecule has 1 aliphatic rings. The van der Waals surface area contributed by atoms with Gasteiger partial charge < -0.3 is 14.4 Å². The first-order valence-electron chi connectivity index (χ1n) is 6.36. The van der Waals surface area contributed by atoms with Gasteiger partial charge in [0.15, 0.2) is 11.5 Å². The van der Waals surface area contributed by atoms with Gasteiger partial charge in [0.25, 0.3) is 0 Å². The van der Waals surface area contributed by atoms with Crippen LogP contribution < -0.4 is 14.4 Å². The molecule has 0 saturated carbocycles. The minimum atomic E-state index is 0.308. The third-order valence-corrected chi connectivity index (χ3v) is 4.09. The van der Waals surface area contributed by atoms with Crippen LogP contribution in [0.25, 0.3) is 0 Å². The molecule has 0 bridgehead atoms. The molecule has 0 radical (unpaired) electrons. The normalized spacial score (nSPS) is 12.6. The Bertz CT molecular complexity index is 646. The molecule has 0 saturated heterocycles. The Balaban J connectivity index is 1.78. The molecule has 20 heavy (non-hydrogen) atoms. The van der Waals surface area contributed by atoms with E-state index in [0.717, 1.165) is 34.0 Å². The molecule has 0 amide bonds. The van der Waals surface area contributed by atoms with Gasteiger partial charge in [0, 0.05) is 18.1 Å². The Kier molecular flexibility index (Phi) is 3.53. The van der Waals surface area contributed by atoms with Crippen LogP contribution in [0.15, 0.2) is 34.8 Å². The van der Waals surface area contributed by atoms with Gasteiger partial charge in [-0.05, 0) is 52.7 Å². The molecular weight excluding hydrogens is 320 g/mol. The summed E-state index contributed by atoms with van der Waals surface area (Å²) in [5.74, 6) is 2.58. The maximum absolute atomic E-state index is 5.40. The molecule has 2 heterocycles. The summed E-state index contributed by atoms with van der Waals surface area (Å²) in [4.78, 5) is 6.67. The van der Waals surface area contributed by atoms with Crippen molar-refractivity contribution in [3.63, 3.8) is 0 Å². The smallest absolute Gasteiger partial charge is 0.231 e. The average molecular weight is 335 g/mol. The van der Waals surface area contributed by atoms with Crippen molar-refractivity contribution in [2.45, 2.75) is 13.5 Å². The quantitative estimate of drug-likeness (QED) is 0.860. The van der Waals surface area contributed by atoms with E-state index in [1.165, 1.54) is 5.56 Å². The fourth-order valence-electron chi connectivity index (χ4n) is 2.14. The Labute approximate surface area is 126 Å². The molecule has 0 N–H and O–H groups in total. The van der Waals surface area contributed by atoms with Crippen LogP contribution in [0.2, 0.25) is 0 Å². The maximum atomic E-state index is 5.40. The summed E-state index contributed by atoms with van der Waals surface area (Å²) in [5.41, 5.74) is 2.15. The van der Waals surface area contributed by atoms with Crippen LogP contribution >= 0.6 is 15.9 Å². The molecule has 3 rings (SSSR count). The number of pyridine rings is 1. The second-order valence-electron chi connectivity index (χ2n) is 4.78. The predicted molar refractivity (Wildman–Crippen MR) is 81.3 cm³/mol. The average Bonchev–Trinajstić information content (AvgIpc) is 2.89. The molecule has 0 atom stereocenters. The van der Waals surface area contributed by atoms with E-state index in [-0.39, 0.29) is 0 Å². The molecule has 1 aromatic carbocycles. The molecule has 104 valence electrons. The van der Waals surface area contributed by atoms with Crippen LogP contribution in [0.3, 0.4) is 0 Å². The van der Waals surface area contributed by atoms with Gasteiger partial charge >= 0.3 is 0 Å². The van der Waals surface area contributed by atoms with Gasteiger partial charge in [0.2, 0.25) is 6.79 Å². The number of benzene rings is 1. The lowest BCUT2D eigenvalue weighted by molar-refractivity contribution is 0.174. The lowest BCUT2D eigenvalue weighted by atomic mass is 10.2. The van der Waals surface area contributed by atoms with E-state index in [4.69, 9.17) is 9.47 Å². The Morgan fingerprint density at radius 2 is 2.00 bits per heavy atom. The van der Waals surface area contributed by atoms with Crippen LogP contribution in [0.5, 0.6) is 11.5 Å². The summed E-state index contributed by atoms with van der Waals surface area (Å²) in [6.07, 6.45) is 0. The monoisotopic (exact) mass is 334 g/mol. The zero-order chi connectivity index (χ0) is 14.1. The number of ether oxygens (including phenoxy) is 2. The molecule has 0 aliphatic carbocycles. The third kappa shape index (κ3) is 2.58. The van der Waals surface area contributed by atoms with Crippen molar-refractivity contribution >= 4 is 21.7 Å². The number of aryl methyl sites for hydroxylation is 1. The number of rotatable bonds is 3. The Morgan fingerprint density at radius 1 is 1.20 bits per heavy atom. The molecule has 2 aromatic rings. The number of aromatic nitrogens is 1. The summed E-state index contributed by atoms with van der Waals surface area (Å²) >= 11 is 3.47. The Hall–Kier alpha value is -1.75. The van der Waals surface area contributed by atoms with Crippen LogP contribution in [-0.2, 0) is 6.54 Å². The summed E-state index contributed by atoms with van der Waals surface area (Å²) in [6, 6.07) is 10.0. The van der Waals surface area contributed by atoms with Crippen molar-refractivity contribution < 1.29 is 9.47 Å². The molecule has 1 aliphatic heterocycles. The van der Waals surface area contributed by atoms with Gasteiger partial charge in [-0.1, -0.05) is 6.07 Å². The number of hydrogen-bond donors (Lipinski definition) is 0. The fraction of sp³-hybridized carbons (Fsp3) is 0.267. The zero-order valence-corrected chi connectivity index (χ0v) is 13.0. The van der Waals surface area contributed by atoms with E-state index in [0.29, 0.717) is 6.79 Å². The minimum absolute atomic E-state index is 0.308. The third-order valence-electron chi connectivity index (χ3n) is 3.25. The van der Waals surface area contributed by atoms with E-state index in [9.17, 15) is 0 Å². The van der Waals surface area contributed by atoms with Gasteiger partial charge in [-0.2, -0.15) is 0 Å². The lowest BCUT2D eigenvalue weighted by Crippen LogP contribution is -2.17. The fourth-order valence-corrected chi connectivity index (χ4v) is 2.36. The molecule has 0 fully saturated rings. The van der Waals surface area contributed by atoms with Crippen LogP contribution in [0, 0.1) is 6.92 Å². The molecule has 5 heteroatoms. The second-order valence-corrected chi connectivity index (χ2v) is 5.63. The van der Waals surface area contributed by atoms with Crippen molar-refractivity contribution in [3.05, 3.63) is 46.1 Å². The zero-order valence-electron chi connectivity index (χ0n) is 11.4. The SMILES string of the molecule is Cc1nc(N(C)Cc2ccc3c(c2)OCO3)ccc1Br. The van der Waals surface area contributed by atoms with Crippen LogP contribution in [-0.4, -0.2) is 18.8 Å². The van der Waals surface area contributed by atoms with Crippen molar-refractivity contribution in [1.29, 1.82) is 0 Å². The first-order valence-corrected chi connectivity index (χ1v) is 7.15. The topological polar surface area (TPSA) is 34.6 Å². The number of anilines is 1. The van der Waals surface area contributed by atoms with E-state index in [1.54, 1.807) is 0 Å². The standard InChI is InChI=1S/C15H15BrN2O2/c1-10-12(16)4-6-15(17-10)18(2)8-11-3-5-13-14(7-11)20-9-19-13/h3-7H,8-9H2,1-2H3. The number of hydrogen-bond acceptors (Lipinski definition) is 4. The number of fused-ring (bicyclic) bond motifs is 1. The highest BCUT2D eigenvalue weighted by atomic mass is 79.9. The first kappa shape index (κ1) is 13.2. The van der Waals surface area contributed by atoms with Gasteiger partial charge in [0.05, 0.1) is 5.69 Å². The summed E-state index contributed by atoms with van der Waals surface area (Å²) < 4.78 is 11.7. The first-order chi connectivity index (χ1) is 9.63. The van der Waals surface area contributed by atoms with E-state index in [1.807, 2.05) is 38.2 Å². The maximum Gasteiger partial charge on any atom is 0.231 e. The number of nitrogens with zero attached hydrogens (tertiary/aromatic N) is 2. The van der Waals surface area contributed by atoms with Crippen molar-refractivity contribution in [2.75, 3.05) is 18.7 Å². The summed E-state index contributed by atoms with van der Waals surface area (Å²) in [5, 5.41) is 0. The van der Waals surface area contributed by atoms with Crippen LogP contribution in [0.1, 0.15) is 11.3 Å². The molecule has 0 spiro atoms. The van der Waals surface area contributed by atoms with Gasteiger partial charge in [-0.15, -0.1) is 0 Å². The summed E-state index contributed by atoms with van der Waals surface area (Å²) in [7, 11) is 2.03. The van der Waals surface area contributed by atoms with Gasteiger partial charge in [-0.3, -0.25) is 0 Å². The van der Waals surface area contributed by atoms with E-state index >= 15 is 0 Å². The number of halogens is 1. The second kappa shape index (κ2) is 5.32. The molecule has 1 aromatic heterocycles. The lowest BCUT2D eigenvalue weighted by Gasteiger charge is -2.19. The highest BCUT2D eigenvalue weighted by Gasteiger charge is 2.14. The predicted octanol–water partition coefficient (Wildman–Crippen LogP) is 3.52. The Morgan fingerprint density at radius 3 is 2.80 bits per heavy atom. The highest BCUT2D eigenvalue weighted by Crippen LogP contribution is 2.33. The summed E-state index contributed by atoms with van der Waals surface area (Å²) in [6.45, 7) is 3.06. The van der Waals surface area contributed by atoms with Gasteiger partial charge in [-0.25, -0.2) is 4.98 Å². The van der Waals surface area contributed by atoms with Gasteiger partial charge in [0.1, 0.15) is 5.82 Å². The molecule has 4 nitrogen and oxygen atoms in total. The largest absolute Gasteiger partial charge is 0.454 e. The van der Waals surface area contributed by atoms with Crippen molar-refractivity contribution in [1.82, 2.24) is 4.98 Å².